The van der Waals surface area contributed by atoms with Crippen molar-refractivity contribution < 1.29 is 4.79 Å². The highest BCUT2D eigenvalue weighted by Crippen LogP contribution is 2.42. The van der Waals surface area contributed by atoms with Gasteiger partial charge in [-0.3, -0.25) is 4.79 Å². The third-order valence-electron chi connectivity index (χ3n) is 14.4. The molecule has 0 saturated heterocycles. The number of H-pyrrole nitrogens is 2. The number of nitrogens with one attached hydrogen (secondary N) is 3. The van der Waals surface area contributed by atoms with Gasteiger partial charge >= 0.3 is 0 Å². The molecular formula is C63H51ClN8O. The molecule has 73 heavy (non-hydrogen) atoms. The molecule has 3 N–H and O–H groups in total. The summed E-state index contributed by atoms with van der Waals surface area (Å²) in [7, 11) is 6.49. The Hall–Kier alpha value is -8.92. The zero-order valence-corrected chi connectivity index (χ0v) is 41.5. The largest absolute Gasteiger partial charge is 0.370 e. The van der Waals surface area contributed by atoms with Crippen molar-refractivity contribution in [2.75, 3.05) is 60.8 Å². The third-order valence-corrected chi connectivity index (χ3v) is 14.4. The van der Waals surface area contributed by atoms with Crippen molar-refractivity contribution in [1.82, 2.24) is 19.9 Å². The van der Waals surface area contributed by atoms with E-state index in [1.165, 1.54) is 28.2 Å². The summed E-state index contributed by atoms with van der Waals surface area (Å²) in [4.78, 5) is 39.4. The Balaban J connectivity index is 0.00000543. The maximum Gasteiger partial charge on any atom is 0.255 e. The molecular weight excluding hydrogens is 920 g/mol. The lowest BCUT2D eigenvalue weighted by molar-refractivity contribution is 0.102. The highest BCUT2D eigenvalue weighted by Gasteiger charge is 2.26. The van der Waals surface area contributed by atoms with E-state index in [0.717, 1.165) is 94.9 Å². The summed E-state index contributed by atoms with van der Waals surface area (Å²) in [5, 5.41) is 3.09. The smallest absolute Gasteiger partial charge is 0.255 e. The third kappa shape index (κ3) is 8.14. The zero-order chi connectivity index (χ0) is 48.5. The number of para-hydroxylation sites is 3. The summed E-state index contributed by atoms with van der Waals surface area (Å²) in [6, 6.07) is 51.9. The fourth-order valence-electron chi connectivity index (χ4n) is 11.1. The summed E-state index contributed by atoms with van der Waals surface area (Å²) < 4.78 is 0. The number of nitrogens with zero attached hydrogens (tertiary/aromatic N) is 5. The number of aromatic amines is 2. The van der Waals surface area contributed by atoms with Gasteiger partial charge in [-0.1, -0.05) is 84.9 Å². The van der Waals surface area contributed by atoms with Crippen molar-refractivity contribution in [2.45, 2.75) is 0 Å². The molecule has 10 heteroatoms. The fourth-order valence-corrected chi connectivity index (χ4v) is 11.1. The number of aromatic nitrogens is 4. The van der Waals surface area contributed by atoms with Crippen LogP contribution in [0.15, 0.2) is 152 Å². The normalized spacial score (nSPS) is 14.3. The molecule has 0 spiro atoms. The molecule has 13 rings (SSSR count). The molecule has 1 amide bonds. The molecule has 0 fully saturated rings. The van der Waals surface area contributed by atoms with Crippen LogP contribution in [0, 0.1) is 0 Å². The number of benzene rings is 5. The van der Waals surface area contributed by atoms with Crippen LogP contribution >= 0.6 is 12.4 Å². The molecule has 5 aliphatic heterocycles. The van der Waals surface area contributed by atoms with Crippen LogP contribution in [-0.2, 0) is 0 Å². The monoisotopic (exact) mass is 970 g/mol. The molecule has 0 saturated carbocycles. The Bertz CT molecular complexity index is 3830. The summed E-state index contributed by atoms with van der Waals surface area (Å²) in [5.41, 5.74) is 24.2. The van der Waals surface area contributed by atoms with Gasteiger partial charge in [-0.2, -0.15) is 0 Å². The van der Waals surface area contributed by atoms with Crippen LogP contribution in [0.4, 0.5) is 22.7 Å². The molecule has 8 aromatic rings. The number of anilines is 4. The average Bonchev–Trinajstić information content (AvgIpc) is 4.26. The first-order chi connectivity index (χ1) is 35.3. The number of fused-ring (bicyclic) bond motifs is 11. The second-order valence-corrected chi connectivity index (χ2v) is 19.2. The van der Waals surface area contributed by atoms with Gasteiger partial charge in [0.15, 0.2) is 0 Å². The number of carbonyl (C=O) groups is 1. The molecule has 0 aliphatic carbocycles. The van der Waals surface area contributed by atoms with Crippen molar-refractivity contribution in [2.24, 2.45) is 0 Å². The second-order valence-electron chi connectivity index (χ2n) is 19.2. The van der Waals surface area contributed by atoms with Crippen LogP contribution < -0.4 is 20.0 Å². The molecule has 0 atom stereocenters. The SMILES string of the molecule is CN1CC(c2c3nc(c(C4=Cc5ccccc5N(C)C4)c4ccc([nH]4)c(-c4ccc(NC(=O)c5ccccc5)cc4)c4nc(c(C5=Cc6ccccc6N(C)C5)c5ccc2[nH]5)C=C4)C=C3)=Cc2ccccc21.Cl. The topological polar surface area (TPSA) is 96.2 Å². The maximum atomic E-state index is 13.3. The van der Waals surface area contributed by atoms with Crippen LogP contribution in [0.1, 0.15) is 66.5 Å². The van der Waals surface area contributed by atoms with E-state index in [0.29, 0.717) is 30.9 Å². The van der Waals surface area contributed by atoms with Gasteiger partial charge in [0.05, 0.1) is 22.8 Å². The van der Waals surface area contributed by atoms with Crippen LogP contribution in [0.3, 0.4) is 0 Å². The Labute approximate surface area is 430 Å². The number of carbonyl (C=O) groups excluding carboxylic acids is 1. The summed E-state index contributed by atoms with van der Waals surface area (Å²) in [5.74, 6) is -0.159. The first kappa shape index (κ1) is 45.2. The maximum absolute atomic E-state index is 13.3. The van der Waals surface area contributed by atoms with E-state index in [-0.39, 0.29) is 18.3 Å². The lowest BCUT2D eigenvalue weighted by Crippen LogP contribution is -2.23. The van der Waals surface area contributed by atoms with E-state index in [1.807, 2.05) is 42.5 Å². The van der Waals surface area contributed by atoms with Gasteiger partial charge in [0.2, 0.25) is 0 Å². The number of halogens is 1. The minimum absolute atomic E-state index is 0. The predicted octanol–water partition coefficient (Wildman–Crippen LogP) is 14.0. The number of likely N-dealkylation sites (N-methyl/N-ethyl adjacent to an activating group) is 3. The van der Waals surface area contributed by atoms with E-state index in [4.69, 9.17) is 9.97 Å². The molecule has 356 valence electrons. The minimum atomic E-state index is -0.159. The predicted molar refractivity (Wildman–Crippen MR) is 309 cm³/mol. The van der Waals surface area contributed by atoms with Crippen molar-refractivity contribution in [3.8, 4) is 11.1 Å². The summed E-state index contributed by atoms with van der Waals surface area (Å²) in [6.07, 6.45) is 15.6. The highest BCUT2D eigenvalue weighted by molar-refractivity contribution is 6.06. The van der Waals surface area contributed by atoms with Crippen molar-refractivity contribution in [3.05, 3.63) is 213 Å². The Morgan fingerprint density at radius 1 is 0.438 bits per heavy atom. The second kappa shape index (κ2) is 18.4. The van der Waals surface area contributed by atoms with Crippen LogP contribution in [0.2, 0.25) is 0 Å². The van der Waals surface area contributed by atoms with Gasteiger partial charge in [0, 0.05) is 113 Å². The van der Waals surface area contributed by atoms with E-state index in [2.05, 4.69) is 203 Å². The van der Waals surface area contributed by atoms with E-state index in [1.54, 1.807) is 0 Å². The van der Waals surface area contributed by atoms with Crippen molar-refractivity contribution in [3.63, 3.8) is 0 Å². The number of hydrogen-bond acceptors (Lipinski definition) is 6. The van der Waals surface area contributed by atoms with Crippen molar-refractivity contribution in [1.29, 1.82) is 0 Å². The van der Waals surface area contributed by atoms with Gasteiger partial charge in [0.1, 0.15) is 0 Å². The molecule has 8 heterocycles. The van der Waals surface area contributed by atoms with Gasteiger partial charge in [-0.05, 0) is 148 Å². The van der Waals surface area contributed by atoms with Gasteiger partial charge < -0.3 is 30.0 Å². The number of hydrogen-bond donors (Lipinski definition) is 3. The highest BCUT2D eigenvalue weighted by atomic mass is 35.5. The van der Waals surface area contributed by atoms with E-state index >= 15 is 0 Å². The first-order valence-corrected chi connectivity index (χ1v) is 24.5. The Morgan fingerprint density at radius 3 is 1.21 bits per heavy atom. The molecule has 9 nitrogen and oxygen atoms in total. The van der Waals surface area contributed by atoms with Crippen molar-refractivity contribution >= 4 is 122 Å². The summed E-state index contributed by atoms with van der Waals surface area (Å²) >= 11 is 0. The van der Waals surface area contributed by atoms with E-state index < -0.39 is 0 Å². The van der Waals surface area contributed by atoms with Gasteiger partial charge in [-0.15, -0.1) is 12.4 Å². The quantitative estimate of drug-likeness (QED) is 0.154. The molecule has 5 aliphatic rings. The van der Waals surface area contributed by atoms with Gasteiger partial charge in [-0.25, -0.2) is 9.97 Å². The zero-order valence-electron chi connectivity index (χ0n) is 40.6. The molecule has 0 unspecified atom stereocenters. The molecule has 5 aromatic carbocycles. The Kier molecular flexibility index (Phi) is 11.4. The lowest BCUT2D eigenvalue weighted by atomic mass is 9.96. The average molecular weight is 972 g/mol. The standard InChI is InChI=1S/C63H50N8O.ClH/c1-69-36-44(33-41-15-7-10-18-56(41)69)60-50-27-25-48(65-50)59(39-21-23-47(24-22-39)64-63(72)40-13-5-4-6-14-40)49-26-28-51(66-49)61(45-34-42-16-8-11-19-57(42)70(2)37-45)53-30-32-55(68-53)62(54-31-29-52(60)67-54)46-35-43-17-9-12-20-58(43)71(3)38-46;/h4-35,65,68H,36-38H2,1-3H3,(H,64,72);1H. The first-order valence-electron chi connectivity index (χ1n) is 24.5. The minimum Gasteiger partial charge on any atom is -0.370 e. The molecule has 0 radical (unpaired) electrons. The Morgan fingerprint density at radius 2 is 0.795 bits per heavy atom. The number of amides is 1. The van der Waals surface area contributed by atoms with Crippen LogP contribution in [0.25, 0.3) is 92.4 Å². The lowest BCUT2D eigenvalue weighted by Gasteiger charge is -2.28. The van der Waals surface area contributed by atoms with Crippen LogP contribution in [-0.4, -0.2) is 66.6 Å². The van der Waals surface area contributed by atoms with Crippen LogP contribution in [0.5, 0.6) is 0 Å². The fraction of sp³-hybridized carbons (Fsp3) is 0.0952. The summed E-state index contributed by atoms with van der Waals surface area (Å²) in [6.45, 7) is 2.10. The molecule has 3 aromatic heterocycles. The van der Waals surface area contributed by atoms with Gasteiger partial charge in [0.25, 0.3) is 5.91 Å². The molecule has 8 bridgehead atoms. The number of rotatable bonds is 6. The van der Waals surface area contributed by atoms with E-state index in [9.17, 15) is 4.79 Å².